The number of carbonyl (C=O) groups excluding carboxylic acids is 1. The van der Waals surface area contributed by atoms with Gasteiger partial charge in [-0.15, -0.1) is 10.2 Å². The number of amides is 1. The van der Waals surface area contributed by atoms with Crippen molar-refractivity contribution in [3.05, 3.63) is 52.2 Å². The highest BCUT2D eigenvalue weighted by molar-refractivity contribution is 6.07. The molecule has 0 bridgehead atoms. The molecule has 0 unspecified atom stereocenters. The monoisotopic (exact) mass is 361 g/mol. The van der Waals surface area contributed by atoms with Gasteiger partial charge in [0.15, 0.2) is 5.82 Å². The summed E-state index contributed by atoms with van der Waals surface area (Å²) < 4.78 is 2.13. The maximum absolute atomic E-state index is 13.2. The zero-order valence-corrected chi connectivity index (χ0v) is 15.6. The SMILES string of the molecule is Cc1ccc2nc3c(c(C(=O)NCc4nnc5n4CCC5)c2c1)CCCC3. The molecule has 27 heavy (non-hydrogen) atoms. The minimum absolute atomic E-state index is 0.0264. The molecule has 0 radical (unpaired) electrons. The van der Waals surface area contributed by atoms with E-state index in [9.17, 15) is 4.79 Å². The third-order valence-corrected chi connectivity index (χ3v) is 5.74. The smallest absolute Gasteiger partial charge is 0.252 e. The molecule has 5 rings (SSSR count). The van der Waals surface area contributed by atoms with Crippen molar-refractivity contribution in [1.29, 1.82) is 0 Å². The van der Waals surface area contributed by atoms with Crippen LogP contribution in [0.4, 0.5) is 0 Å². The van der Waals surface area contributed by atoms with Crippen LogP contribution in [0.2, 0.25) is 0 Å². The second kappa shape index (κ2) is 6.44. The highest BCUT2D eigenvalue weighted by atomic mass is 16.1. The van der Waals surface area contributed by atoms with Crippen LogP contribution in [-0.4, -0.2) is 25.7 Å². The van der Waals surface area contributed by atoms with Gasteiger partial charge in [0.05, 0.1) is 17.6 Å². The maximum Gasteiger partial charge on any atom is 0.252 e. The molecule has 6 nitrogen and oxygen atoms in total. The molecule has 0 fully saturated rings. The first-order valence-electron chi connectivity index (χ1n) is 9.82. The first kappa shape index (κ1) is 16.4. The van der Waals surface area contributed by atoms with Crippen LogP contribution < -0.4 is 5.32 Å². The third-order valence-electron chi connectivity index (χ3n) is 5.74. The van der Waals surface area contributed by atoms with E-state index >= 15 is 0 Å². The molecule has 6 heteroatoms. The fourth-order valence-corrected chi connectivity index (χ4v) is 4.39. The van der Waals surface area contributed by atoms with Crippen LogP contribution in [0.15, 0.2) is 18.2 Å². The lowest BCUT2D eigenvalue weighted by atomic mass is 9.89. The van der Waals surface area contributed by atoms with Crippen LogP contribution in [0.1, 0.15) is 58.1 Å². The standard InChI is InChI=1S/C21H23N5O/c1-13-8-9-17-15(11-13)20(14-5-2-3-6-16(14)23-17)21(27)22-12-19-25-24-18-7-4-10-26(18)19/h8-9,11H,2-7,10,12H2,1H3,(H,22,27). The summed E-state index contributed by atoms with van der Waals surface area (Å²) in [6.07, 6.45) is 6.22. The number of hydrogen-bond donors (Lipinski definition) is 1. The fourth-order valence-electron chi connectivity index (χ4n) is 4.39. The molecule has 0 saturated carbocycles. The number of rotatable bonds is 3. The van der Waals surface area contributed by atoms with Gasteiger partial charge in [-0.2, -0.15) is 0 Å². The molecule has 1 N–H and O–H groups in total. The van der Waals surface area contributed by atoms with E-state index in [1.54, 1.807) is 0 Å². The first-order chi connectivity index (χ1) is 13.2. The number of aromatic nitrogens is 4. The van der Waals surface area contributed by atoms with Gasteiger partial charge in [0, 0.05) is 24.0 Å². The molecule has 0 spiro atoms. The Hall–Kier alpha value is -2.76. The van der Waals surface area contributed by atoms with Crippen molar-refractivity contribution < 1.29 is 4.79 Å². The topological polar surface area (TPSA) is 72.7 Å². The van der Waals surface area contributed by atoms with Crippen LogP contribution in [0, 0.1) is 6.92 Å². The van der Waals surface area contributed by atoms with E-state index in [2.05, 4.69) is 39.1 Å². The lowest BCUT2D eigenvalue weighted by molar-refractivity contribution is 0.0950. The molecule has 1 aliphatic heterocycles. The number of carbonyl (C=O) groups is 1. The van der Waals surface area contributed by atoms with Crippen LogP contribution in [0.3, 0.4) is 0 Å². The highest BCUT2D eigenvalue weighted by Gasteiger charge is 2.24. The third kappa shape index (κ3) is 2.80. The molecule has 1 aromatic carbocycles. The van der Waals surface area contributed by atoms with Crippen molar-refractivity contribution in [2.45, 2.75) is 58.5 Å². The van der Waals surface area contributed by atoms with E-state index in [4.69, 9.17) is 4.98 Å². The largest absolute Gasteiger partial charge is 0.345 e. The van der Waals surface area contributed by atoms with Crippen molar-refractivity contribution in [3.8, 4) is 0 Å². The Balaban J connectivity index is 1.52. The quantitative estimate of drug-likeness (QED) is 0.778. The van der Waals surface area contributed by atoms with Gasteiger partial charge < -0.3 is 9.88 Å². The van der Waals surface area contributed by atoms with Gasteiger partial charge in [-0.05, 0) is 56.7 Å². The van der Waals surface area contributed by atoms with E-state index in [0.717, 1.165) is 90.0 Å². The second-order valence-electron chi connectivity index (χ2n) is 7.61. The zero-order chi connectivity index (χ0) is 18.4. The van der Waals surface area contributed by atoms with Crippen LogP contribution >= 0.6 is 0 Å². The normalized spacial score (nSPS) is 15.6. The summed E-state index contributed by atoms with van der Waals surface area (Å²) in [7, 11) is 0. The fraction of sp³-hybridized carbons (Fsp3) is 0.429. The van der Waals surface area contributed by atoms with Crippen molar-refractivity contribution >= 4 is 16.8 Å². The molecule has 1 aliphatic carbocycles. The minimum Gasteiger partial charge on any atom is -0.345 e. The van der Waals surface area contributed by atoms with Crippen molar-refractivity contribution in [2.24, 2.45) is 0 Å². The van der Waals surface area contributed by atoms with E-state index in [-0.39, 0.29) is 5.91 Å². The second-order valence-corrected chi connectivity index (χ2v) is 7.61. The summed E-state index contributed by atoms with van der Waals surface area (Å²) in [6.45, 7) is 3.41. The highest BCUT2D eigenvalue weighted by Crippen LogP contribution is 2.30. The number of fused-ring (bicyclic) bond motifs is 3. The van der Waals surface area contributed by atoms with Gasteiger partial charge in [0.25, 0.3) is 5.91 Å². The van der Waals surface area contributed by atoms with Crippen molar-refractivity contribution in [1.82, 2.24) is 25.1 Å². The summed E-state index contributed by atoms with van der Waals surface area (Å²) in [5.41, 5.74) is 5.08. The molecule has 3 aromatic rings. The van der Waals surface area contributed by atoms with Gasteiger partial charge in [0.2, 0.25) is 0 Å². The molecule has 138 valence electrons. The lowest BCUT2D eigenvalue weighted by Gasteiger charge is -2.20. The molecule has 0 saturated heterocycles. The first-order valence-corrected chi connectivity index (χ1v) is 9.82. The average Bonchev–Trinajstić information content (AvgIpc) is 3.28. The van der Waals surface area contributed by atoms with Gasteiger partial charge in [0.1, 0.15) is 5.82 Å². The molecular weight excluding hydrogens is 338 g/mol. The number of nitrogens with zero attached hydrogens (tertiary/aromatic N) is 4. The van der Waals surface area contributed by atoms with E-state index in [0.29, 0.717) is 6.54 Å². The Labute approximate surface area is 158 Å². The summed E-state index contributed by atoms with van der Waals surface area (Å²) in [6, 6.07) is 6.17. The zero-order valence-electron chi connectivity index (χ0n) is 15.6. The Morgan fingerprint density at radius 3 is 2.96 bits per heavy atom. The van der Waals surface area contributed by atoms with E-state index in [1.165, 1.54) is 0 Å². The molecule has 1 amide bonds. The molecule has 0 atom stereocenters. The van der Waals surface area contributed by atoms with Gasteiger partial charge >= 0.3 is 0 Å². The summed E-state index contributed by atoms with van der Waals surface area (Å²) in [4.78, 5) is 18.1. The molecule has 3 heterocycles. The van der Waals surface area contributed by atoms with Gasteiger partial charge in [-0.3, -0.25) is 9.78 Å². The van der Waals surface area contributed by atoms with Gasteiger partial charge in [-0.1, -0.05) is 11.6 Å². The molecule has 2 aromatic heterocycles. The summed E-state index contributed by atoms with van der Waals surface area (Å²) in [5, 5.41) is 12.5. The van der Waals surface area contributed by atoms with Crippen LogP contribution in [0.5, 0.6) is 0 Å². The number of benzene rings is 1. The predicted octanol–water partition coefficient (Wildman–Crippen LogP) is 2.89. The minimum atomic E-state index is -0.0264. The lowest BCUT2D eigenvalue weighted by Crippen LogP contribution is -2.27. The maximum atomic E-state index is 13.2. The van der Waals surface area contributed by atoms with Crippen LogP contribution in [0.25, 0.3) is 10.9 Å². The number of nitrogens with one attached hydrogen (secondary N) is 1. The molecule has 2 aliphatic rings. The van der Waals surface area contributed by atoms with Crippen LogP contribution in [-0.2, 0) is 32.4 Å². The van der Waals surface area contributed by atoms with Crippen molar-refractivity contribution in [3.63, 3.8) is 0 Å². The Bertz CT molecular complexity index is 1050. The Morgan fingerprint density at radius 2 is 2.04 bits per heavy atom. The number of hydrogen-bond acceptors (Lipinski definition) is 4. The number of aryl methyl sites for hydroxylation is 3. The summed E-state index contributed by atoms with van der Waals surface area (Å²) in [5.74, 6) is 1.85. The predicted molar refractivity (Wildman–Crippen MR) is 103 cm³/mol. The van der Waals surface area contributed by atoms with E-state index < -0.39 is 0 Å². The average molecular weight is 361 g/mol. The molecular formula is C21H23N5O. The Morgan fingerprint density at radius 1 is 1.15 bits per heavy atom. The summed E-state index contributed by atoms with van der Waals surface area (Å²) >= 11 is 0. The van der Waals surface area contributed by atoms with E-state index in [1.807, 2.05) is 6.07 Å². The Kier molecular flexibility index (Phi) is 3.92. The van der Waals surface area contributed by atoms with Crippen molar-refractivity contribution in [2.75, 3.05) is 0 Å². The number of pyridine rings is 1. The van der Waals surface area contributed by atoms with Gasteiger partial charge in [-0.25, -0.2) is 0 Å².